The minimum atomic E-state index is -0.128. The maximum Gasteiger partial charge on any atom is 0.246 e. The summed E-state index contributed by atoms with van der Waals surface area (Å²) in [4.78, 5) is 11.7. The van der Waals surface area contributed by atoms with E-state index in [1.807, 2.05) is 6.92 Å². The molecule has 1 saturated heterocycles. The molecule has 1 aliphatic carbocycles. The number of nitrogens with one attached hydrogen (secondary N) is 2. The summed E-state index contributed by atoms with van der Waals surface area (Å²) in [5.41, 5.74) is -0.128. The number of ether oxygens (including phenoxy) is 1. The van der Waals surface area contributed by atoms with E-state index < -0.39 is 0 Å². The third-order valence-electron chi connectivity index (χ3n) is 3.85. The van der Waals surface area contributed by atoms with E-state index in [1.165, 1.54) is 12.8 Å². The summed E-state index contributed by atoms with van der Waals surface area (Å²) in [5, 5.41) is 6.24. The molecule has 17 heavy (non-hydrogen) atoms. The third-order valence-corrected chi connectivity index (χ3v) is 3.85. The summed E-state index contributed by atoms with van der Waals surface area (Å²) < 4.78 is 5.62. The molecule has 0 aromatic rings. The van der Waals surface area contributed by atoms with Gasteiger partial charge >= 0.3 is 0 Å². The second-order valence-electron chi connectivity index (χ2n) is 5.88. The van der Waals surface area contributed by atoms with Crippen molar-refractivity contribution >= 4 is 5.91 Å². The molecule has 0 spiro atoms. The fraction of sp³-hybridized carbons (Fsp3) is 0.923. The van der Waals surface area contributed by atoms with Crippen LogP contribution in [0.15, 0.2) is 0 Å². The zero-order chi connectivity index (χ0) is 12.3. The molecule has 2 unspecified atom stereocenters. The summed E-state index contributed by atoms with van der Waals surface area (Å²) >= 11 is 0. The number of carbonyl (C=O) groups is 1. The van der Waals surface area contributed by atoms with Crippen LogP contribution in [0.4, 0.5) is 0 Å². The molecule has 2 atom stereocenters. The van der Waals surface area contributed by atoms with Gasteiger partial charge in [-0.15, -0.1) is 0 Å². The summed E-state index contributed by atoms with van der Waals surface area (Å²) in [6.07, 6.45) is 4.76. The molecule has 2 N–H and O–H groups in total. The lowest BCUT2D eigenvalue weighted by molar-refractivity contribution is -0.136. The van der Waals surface area contributed by atoms with Crippen molar-refractivity contribution in [3.63, 3.8) is 0 Å². The van der Waals surface area contributed by atoms with Gasteiger partial charge in [0, 0.05) is 19.1 Å². The first-order chi connectivity index (χ1) is 8.07. The van der Waals surface area contributed by atoms with E-state index in [1.54, 1.807) is 0 Å². The van der Waals surface area contributed by atoms with E-state index in [-0.39, 0.29) is 18.1 Å². The Balaban J connectivity index is 1.66. The van der Waals surface area contributed by atoms with Gasteiger partial charge in [0.15, 0.2) is 0 Å². The van der Waals surface area contributed by atoms with Gasteiger partial charge in [-0.05, 0) is 25.7 Å². The first kappa shape index (κ1) is 12.8. The molecular weight excluding hydrogens is 216 g/mol. The van der Waals surface area contributed by atoms with Gasteiger partial charge in [-0.2, -0.15) is 0 Å². The highest BCUT2D eigenvalue weighted by Crippen LogP contribution is 2.23. The Morgan fingerprint density at radius 2 is 2.24 bits per heavy atom. The van der Waals surface area contributed by atoms with E-state index in [0.29, 0.717) is 6.04 Å². The number of carbonyl (C=O) groups excluding carboxylic acids is 1. The van der Waals surface area contributed by atoms with Crippen LogP contribution in [0.3, 0.4) is 0 Å². The smallest absolute Gasteiger partial charge is 0.246 e. The predicted molar refractivity (Wildman–Crippen MR) is 66.8 cm³/mol. The molecule has 4 nitrogen and oxygen atoms in total. The van der Waals surface area contributed by atoms with Crippen molar-refractivity contribution in [1.29, 1.82) is 0 Å². The maximum absolute atomic E-state index is 11.7. The minimum Gasteiger partial charge on any atom is -0.363 e. The van der Waals surface area contributed by atoms with Crippen molar-refractivity contribution in [2.45, 2.75) is 51.2 Å². The average molecular weight is 240 g/mol. The van der Waals surface area contributed by atoms with E-state index in [9.17, 15) is 4.79 Å². The molecular formula is C13H24N2O2. The predicted octanol–water partition coefficient (Wildman–Crippen LogP) is 1.06. The molecule has 98 valence electrons. The largest absolute Gasteiger partial charge is 0.363 e. The Labute approximate surface area is 103 Å². The summed E-state index contributed by atoms with van der Waals surface area (Å²) in [6.45, 7) is 6.19. The monoisotopic (exact) mass is 240 g/mol. The van der Waals surface area contributed by atoms with E-state index in [4.69, 9.17) is 4.74 Å². The van der Waals surface area contributed by atoms with Gasteiger partial charge in [-0.1, -0.05) is 19.8 Å². The molecule has 2 fully saturated rings. The molecule has 0 aromatic heterocycles. The number of hydrogen-bond acceptors (Lipinski definition) is 3. The van der Waals surface area contributed by atoms with Crippen LogP contribution < -0.4 is 10.6 Å². The number of rotatable bonds is 4. The first-order valence-corrected chi connectivity index (χ1v) is 6.71. The lowest BCUT2D eigenvalue weighted by Crippen LogP contribution is -2.59. The molecule has 4 heteroatoms. The van der Waals surface area contributed by atoms with Crippen molar-refractivity contribution < 1.29 is 9.53 Å². The number of amides is 1. The highest BCUT2D eigenvalue weighted by atomic mass is 16.5. The fourth-order valence-corrected chi connectivity index (χ4v) is 2.65. The molecule has 0 bridgehead atoms. The SMILES string of the molecule is CC1CCCC(NC(=O)COC2(C)CNC2)C1. The Hall–Kier alpha value is -0.610. The summed E-state index contributed by atoms with van der Waals surface area (Å²) in [5.74, 6) is 0.778. The Morgan fingerprint density at radius 3 is 2.82 bits per heavy atom. The van der Waals surface area contributed by atoms with E-state index in [0.717, 1.165) is 31.8 Å². The van der Waals surface area contributed by atoms with E-state index in [2.05, 4.69) is 17.6 Å². The highest BCUT2D eigenvalue weighted by molar-refractivity contribution is 5.77. The molecule has 2 rings (SSSR count). The second kappa shape index (κ2) is 5.36. The van der Waals surface area contributed by atoms with E-state index >= 15 is 0 Å². The molecule has 0 radical (unpaired) electrons. The second-order valence-corrected chi connectivity index (χ2v) is 5.88. The van der Waals surface area contributed by atoms with Gasteiger partial charge in [0.2, 0.25) is 5.91 Å². The molecule has 1 saturated carbocycles. The van der Waals surface area contributed by atoms with Crippen LogP contribution in [0.2, 0.25) is 0 Å². The molecule has 1 aliphatic heterocycles. The molecule has 1 amide bonds. The molecule has 2 aliphatic rings. The van der Waals surface area contributed by atoms with Crippen LogP contribution in [0, 0.1) is 5.92 Å². The van der Waals surface area contributed by atoms with Crippen molar-refractivity contribution in [3.05, 3.63) is 0 Å². The van der Waals surface area contributed by atoms with Gasteiger partial charge in [-0.25, -0.2) is 0 Å². The topological polar surface area (TPSA) is 50.4 Å². The van der Waals surface area contributed by atoms with Gasteiger partial charge < -0.3 is 15.4 Å². The van der Waals surface area contributed by atoms with Crippen molar-refractivity contribution in [2.75, 3.05) is 19.7 Å². The third kappa shape index (κ3) is 3.68. The Bertz CT molecular complexity index is 277. The summed E-state index contributed by atoms with van der Waals surface area (Å²) in [7, 11) is 0. The minimum absolute atomic E-state index is 0.0391. The number of hydrogen-bond donors (Lipinski definition) is 2. The van der Waals surface area contributed by atoms with Crippen molar-refractivity contribution in [2.24, 2.45) is 5.92 Å². The van der Waals surface area contributed by atoms with Gasteiger partial charge in [0.1, 0.15) is 6.61 Å². The molecule has 1 heterocycles. The quantitative estimate of drug-likeness (QED) is 0.772. The lowest BCUT2D eigenvalue weighted by Gasteiger charge is -2.39. The lowest BCUT2D eigenvalue weighted by atomic mass is 9.87. The Morgan fingerprint density at radius 1 is 1.47 bits per heavy atom. The Kier molecular flexibility index (Phi) is 4.05. The van der Waals surface area contributed by atoms with Gasteiger partial charge in [0.05, 0.1) is 5.60 Å². The van der Waals surface area contributed by atoms with Crippen molar-refractivity contribution in [1.82, 2.24) is 10.6 Å². The van der Waals surface area contributed by atoms with Gasteiger partial charge in [0.25, 0.3) is 0 Å². The zero-order valence-corrected chi connectivity index (χ0v) is 10.9. The van der Waals surface area contributed by atoms with Crippen LogP contribution in [-0.4, -0.2) is 37.2 Å². The standard InChI is InChI=1S/C13H24N2O2/c1-10-4-3-5-11(6-10)15-12(16)7-17-13(2)8-14-9-13/h10-11,14H,3-9H2,1-2H3,(H,15,16). The zero-order valence-electron chi connectivity index (χ0n) is 10.9. The van der Waals surface area contributed by atoms with Crippen LogP contribution in [-0.2, 0) is 9.53 Å². The summed E-state index contributed by atoms with van der Waals surface area (Å²) in [6, 6.07) is 0.363. The maximum atomic E-state index is 11.7. The average Bonchev–Trinajstić information content (AvgIpc) is 2.24. The van der Waals surface area contributed by atoms with Crippen LogP contribution >= 0.6 is 0 Å². The highest BCUT2D eigenvalue weighted by Gasteiger charge is 2.33. The normalized spacial score (nSPS) is 31.6. The molecule has 0 aromatic carbocycles. The van der Waals surface area contributed by atoms with Crippen LogP contribution in [0.1, 0.15) is 39.5 Å². The first-order valence-electron chi connectivity index (χ1n) is 6.71. The van der Waals surface area contributed by atoms with Gasteiger partial charge in [-0.3, -0.25) is 4.79 Å². The van der Waals surface area contributed by atoms with Crippen LogP contribution in [0.25, 0.3) is 0 Å². The fourth-order valence-electron chi connectivity index (χ4n) is 2.65. The van der Waals surface area contributed by atoms with Crippen molar-refractivity contribution in [3.8, 4) is 0 Å². The van der Waals surface area contributed by atoms with Crippen LogP contribution in [0.5, 0.6) is 0 Å².